The van der Waals surface area contributed by atoms with Crippen LogP contribution in [0.5, 0.6) is 0 Å². The molecule has 0 amide bonds. The van der Waals surface area contributed by atoms with E-state index in [0.717, 1.165) is 15.8 Å². The number of carbonyl (C=O) groups is 1. The number of carbonyl (C=O) groups excluding carboxylic acids is 1. The highest BCUT2D eigenvalue weighted by atomic mass is 32.2. The van der Waals surface area contributed by atoms with Crippen LogP contribution in [0.2, 0.25) is 0 Å². The van der Waals surface area contributed by atoms with Gasteiger partial charge >= 0.3 is 0 Å². The second-order valence-corrected chi connectivity index (χ2v) is 7.00. The average molecular weight is 253 g/mol. The molecule has 74 valence electrons. The normalized spacial score (nSPS) is 22.9. The van der Waals surface area contributed by atoms with Crippen molar-refractivity contribution in [1.82, 2.24) is 4.90 Å². The molecule has 1 saturated heterocycles. The number of rotatable bonds is 1. The number of nitrogens with zero attached hydrogens (tertiary/aromatic N) is 1. The summed E-state index contributed by atoms with van der Waals surface area (Å²) in [7, 11) is 3.81. The van der Waals surface area contributed by atoms with Crippen molar-refractivity contribution < 1.29 is 4.79 Å². The van der Waals surface area contributed by atoms with Gasteiger partial charge in [-0.05, 0) is 0 Å². The van der Waals surface area contributed by atoms with E-state index in [9.17, 15) is 4.79 Å². The van der Waals surface area contributed by atoms with Gasteiger partial charge in [0.25, 0.3) is 0 Å². The summed E-state index contributed by atoms with van der Waals surface area (Å²) in [6, 6.07) is 0. The number of thiocarbonyl (C=S) groups is 1. The molecule has 0 saturated carbocycles. The summed E-state index contributed by atoms with van der Waals surface area (Å²) in [6.45, 7) is 0. The minimum atomic E-state index is 0.00801. The van der Waals surface area contributed by atoms with Gasteiger partial charge in [-0.25, -0.2) is 0 Å². The summed E-state index contributed by atoms with van der Waals surface area (Å²) in [5.74, 6) is 1.99. The van der Waals surface area contributed by atoms with Crippen molar-refractivity contribution in [2.24, 2.45) is 0 Å². The van der Waals surface area contributed by atoms with E-state index < -0.39 is 0 Å². The van der Waals surface area contributed by atoms with Crippen molar-refractivity contribution in [3.05, 3.63) is 0 Å². The monoisotopic (exact) mass is 253 g/mol. The fourth-order valence-corrected chi connectivity index (χ4v) is 4.67. The molecule has 1 rings (SSSR count). The van der Waals surface area contributed by atoms with Crippen molar-refractivity contribution in [2.45, 2.75) is 4.58 Å². The van der Waals surface area contributed by atoms with Gasteiger partial charge in [-0.2, -0.15) is 0 Å². The Labute approximate surface area is 96.6 Å². The Morgan fingerprint density at radius 2 is 2.31 bits per heavy atom. The van der Waals surface area contributed by atoms with Crippen LogP contribution in [0.15, 0.2) is 0 Å². The van der Waals surface area contributed by atoms with Gasteiger partial charge in [0.05, 0.1) is 0 Å². The van der Waals surface area contributed by atoms with Crippen molar-refractivity contribution in [3.63, 3.8) is 0 Å². The first kappa shape index (κ1) is 11.7. The third-order valence-corrected chi connectivity index (χ3v) is 6.15. The molecule has 1 unspecified atom stereocenters. The predicted octanol–water partition coefficient (Wildman–Crippen LogP) is 1.90. The maximum Gasteiger partial charge on any atom is 0.212 e. The maximum absolute atomic E-state index is 11.4. The molecule has 0 aromatic carbocycles. The Kier molecular flexibility index (Phi) is 4.93. The summed E-state index contributed by atoms with van der Waals surface area (Å²) in [5, 5.41) is 0.255. The van der Waals surface area contributed by atoms with Crippen LogP contribution in [-0.4, -0.2) is 44.5 Å². The molecule has 1 fully saturated rings. The van der Waals surface area contributed by atoms with E-state index in [0.29, 0.717) is 0 Å². The lowest BCUT2D eigenvalue weighted by Gasteiger charge is -2.21. The summed E-state index contributed by atoms with van der Waals surface area (Å²) < 4.78 is 0.794. The first-order valence-corrected chi connectivity index (χ1v) is 7.09. The summed E-state index contributed by atoms with van der Waals surface area (Å²) in [4.78, 5) is 13.3. The van der Waals surface area contributed by atoms with E-state index in [-0.39, 0.29) is 9.70 Å². The largest absolute Gasteiger partial charge is 0.364 e. The van der Waals surface area contributed by atoms with Crippen LogP contribution in [0.25, 0.3) is 0 Å². The molecule has 0 spiro atoms. The minimum absolute atomic E-state index is 0.00801. The van der Waals surface area contributed by atoms with Gasteiger partial charge in [-0.1, -0.05) is 35.7 Å². The van der Waals surface area contributed by atoms with Crippen molar-refractivity contribution in [1.29, 1.82) is 0 Å². The topological polar surface area (TPSA) is 20.3 Å². The van der Waals surface area contributed by atoms with Gasteiger partial charge in [0, 0.05) is 25.6 Å². The van der Waals surface area contributed by atoms with Crippen LogP contribution in [0.3, 0.4) is 0 Å². The minimum Gasteiger partial charge on any atom is -0.364 e. The molecule has 1 aliphatic rings. The second-order valence-electron chi connectivity index (χ2n) is 2.65. The molecule has 0 aliphatic carbocycles. The quantitative estimate of drug-likeness (QED) is 0.660. The fourth-order valence-electron chi connectivity index (χ4n) is 0.713. The highest BCUT2D eigenvalue weighted by Crippen LogP contribution is 2.34. The fraction of sp³-hybridized carbons (Fsp3) is 0.714. The molecule has 0 aromatic heterocycles. The first-order valence-electron chi connectivity index (χ1n) is 3.77. The molecule has 0 radical (unpaired) electrons. The first-order chi connectivity index (χ1) is 6.11. The third-order valence-electron chi connectivity index (χ3n) is 1.36. The van der Waals surface area contributed by atoms with Crippen molar-refractivity contribution in [2.75, 3.05) is 25.6 Å². The number of thioether (sulfide) groups is 3. The zero-order valence-corrected chi connectivity index (χ0v) is 10.7. The second kappa shape index (κ2) is 5.48. The van der Waals surface area contributed by atoms with Gasteiger partial charge in [0.2, 0.25) is 5.12 Å². The Bertz CT molecular complexity index is 219. The van der Waals surface area contributed by atoms with E-state index in [1.807, 2.05) is 19.0 Å². The van der Waals surface area contributed by atoms with E-state index in [1.165, 1.54) is 23.5 Å². The summed E-state index contributed by atoms with van der Waals surface area (Å²) in [6.07, 6.45) is 0. The molecule has 1 aliphatic heterocycles. The highest BCUT2D eigenvalue weighted by Gasteiger charge is 2.25. The van der Waals surface area contributed by atoms with Crippen LogP contribution >= 0.6 is 47.5 Å². The molecule has 6 heteroatoms. The number of hydrogen-bond donors (Lipinski definition) is 0. The Morgan fingerprint density at radius 3 is 2.85 bits per heavy atom. The molecule has 0 aromatic rings. The summed E-state index contributed by atoms with van der Waals surface area (Å²) in [5.41, 5.74) is 0. The van der Waals surface area contributed by atoms with Crippen LogP contribution < -0.4 is 0 Å². The molecular weight excluding hydrogens is 242 g/mol. The molecular formula is C7H11NOS4. The Balaban J connectivity index is 2.43. The van der Waals surface area contributed by atoms with Crippen LogP contribution in [0, 0.1) is 0 Å². The van der Waals surface area contributed by atoms with E-state index >= 15 is 0 Å². The Hall–Kier alpha value is 0.610. The van der Waals surface area contributed by atoms with E-state index in [1.54, 1.807) is 11.8 Å². The lowest BCUT2D eigenvalue weighted by atomic mass is 10.9. The van der Waals surface area contributed by atoms with Crippen LogP contribution in [0.4, 0.5) is 0 Å². The molecule has 0 bridgehead atoms. The van der Waals surface area contributed by atoms with Crippen molar-refractivity contribution in [3.8, 4) is 0 Å². The van der Waals surface area contributed by atoms with Gasteiger partial charge in [0.1, 0.15) is 8.90 Å². The van der Waals surface area contributed by atoms with Gasteiger partial charge in [-0.15, -0.1) is 11.8 Å². The molecule has 2 nitrogen and oxygen atoms in total. The highest BCUT2D eigenvalue weighted by molar-refractivity contribution is 8.34. The van der Waals surface area contributed by atoms with Gasteiger partial charge in [-0.3, -0.25) is 4.79 Å². The molecule has 1 atom stereocenters. The lowest BCUT2D eigenvalue weighted by Crippen LogP contribution is -2.23. The SMILES string of the molecule is CN(C)C(=S)SC1SCCSC1=O. The molecule has 1 heterocycles. The van der Waals surface area contributed by atoms with E-state index in [4.69, 9.17) is 12.2 Å². The van der Waals surface area contributed by atoms with Crippen LogP contribution in [0.1, 0.15) is 0 Å². The average Bonchev–Trinajstić information content (AvgIpc) is 2.08. The van der Waals surface area contributed by atoms with Gasteiger partial charge < -0.3 is 4.90 Å². The molecule has 0 N–H and O–H groups in total. The van der Waals surface area contributed by atoms with E-state index in [2.05, 4.69) is 0 Å². The maximum atomic E-state index is 11.4. The zero-order chi connectivity index (χ0) is 9.84. The zero-order valence-electron chi connectivity index (χ0n) is 7.48. The molecule has 13 heavy (non-hydrogen) atoms. The lowest BCUT2D eigenvalue weighted by molar-refractivity contribution is -0.109. The summed E-state index contributed by atoms with van der Waals surface area (Å²) >= 11 is 9.73. The van der Waals surface area contributed by atoms with Crippen LogP contribution in [-0.2, 0) is 4.79 Å². The smallest absolute Gasteiger partial charge is 0.212 e. The number of hydrogen-bond acceptors (Lipinski definition) is 5. The third kappa shape index (κ3) is 3.69. The van der Waals surface area contributed by atoms with Gasteiger partial charge in [0.15, 0.2) is 0 Å². The Morgan fingerprint density at radius 1 is 1.62 bits per heavy atom. The standard InChI is InChI=1S/C7H11NOS4/c1-8(2)7(10)13-6-5(9)11-3-4-12-6/h6H,3-4H2,1-2H3. The van der Waals surface area contributed by atoms with Crippen molar-refractivity contribution >= 4 is 56.9 Å². The predicted molar refractivity (Wildman–Crippen MR) is 67.6 cm³/mol.